The number of carbonyl (C=O) groups excluding carboxylic acids is 1. The van der Waals surface area contributed by atoms with Gasteiger partial charge in [0.25, 0.3) is 0 Å². The molecule has 6 heteroatoms. The highest BCUT2D eigenvalue weighted by atomic mass is 16.6. The molecule has 3 rings (SSSR count). The van der Waals surface area contributed by atoms with Crippen LogP contribution in [0.5, 0.6) is 0 Å². The van der Waals surface area contributed by atoms with Crippen molar-refractivity contribution in [1.82, 2.24) is 19.6 Å². The zero-order valence-corrected chi connectivity index (χ0v) is 18.6. The number of ether oxygens (including phenoxy) is 1. The number of aryl methyl sites for hydroxylation is 2. The number of aromatic nitrogens is 2. The predicted octanol–water partition coefficient (Wildman–Crippen LogP) is 4.21. The summed E-state index contributed by atoms with van der Waals surface area (Å²) in [6, 6.07) is 0.499. The number of likely N-dealkylation sites (tertiary alicyclic amines) is 2. The fourth-order valence-corrected chi connectivity index (χ4v) is 4.83. The van der Waals surface area contributed by atoms with Gasteiger partial charge in [-0.1, -0.05) is 0 Å². The molecule has 0 unspecified atom stereocenters. The topological polar surface area (TPSA) is 50.6 Å². The highest BCUT2D eigenvalue weighted by molar-refractivity contribution is 5.68. The molecule has 28 heavy (non-hydrogen) atoms. The van der Waals surface area contributed by atoms with Crippen LogP contribution in [0.3, 0.4) is 0 Å². The number of hydrogen-bond donors (Lipinski definition) is 0. The summed E-state index contributed by atoms with van der Waals surface area (Å²) in [5, 5.41) is 4.63. The summed E-state index contributed by atoms with van der Waals surface area (Å²) >= 11 is 0. The molecule has 0 radical (unpaired) electrons. The number of piperidine rings is 1. The van der Waals surface area contributed by atoms with Crippen molar-refractivity contribution in [1.29, 1.82) is 0 Å². The van der Waals surface area contributed by atoms with E-state index in [0.29, 0.717) is 12.0 Å². The number of rotatable bonds is 4. The number of amides is 1. The molecule has 0 bridgehead atoms. The van der Waals surface area contributed by atoms with Gasteiger partial charge < -0.3 is 9.64 Å². The molecule has 0 aliphatic carbocycles. The second kappa shape index (κ2) is 8.44. The van der Waals surface area contributed by atoms with Gasteiger partial charge in [0.1, 0.15) is 5.60 Å². The molecular weight excluding hydrogens is 352 g/mol. The molecule has 0 spiro atoms. The first kappa shape index (κ1) is 21.2. The maximum atomic E-state index is 12.4. The van der Waals surface area contributed by atoms with Crippen LogP contribution in [-0.4, -0.2) is 57.5 Å². The molecule has 2 aliphatic heterocycles. The van der Waals surface area contributed by atoms with Crippen molar-refractivity contribution in [3.05, 3.63) is 17.0 Å². The van der Waals surface area contributed by atoms with E-state index in [1.807, 2.05) is 37.4 Å². The van der Waals surface area contributed by atoms with Gasteiger partial charge in [0.2, 0.25) is 0 Å². The van der Waals surface area contributed by atoms with Crippen LogP contribution in [-0.2, 0) is 11.8 Å². The molecule has 1 amide bonds. The first-order valence-electron chi connectivity index (χ1n) is 10.9. The number of carbonyl (C=O) groups is 1. The van der Waals surface area contributed by atoms with E-state index in [1.54, 1.807) is 0 Å². The van der Waals surface area contributed by atoms with Crippen LogP contribution >= 0.6 is 0 Å². The molecule has 3 heterocycles. The quantitative estimate of drug-likeness (QED) is 0.773. The summed E-state index contributed by atoms with van der Waals surface area (Å²) in [4.78, 5) is 17.0. The van der Waals surface area contributed by atoms with Crippen LogP contribution < -0.4 is 0 Å². The van der Waals surface area contributed by atoms with Gasteiger partial charge in [0.05, 0.1) is 5.69 Å². The molecule has 2 fully saturated rings. The maximum absolute atomic E-state index is 12.4. The molecule has 0 N–H and O–H groups in total. The highest BCUT2D eigenvalue weighted by Crippen LogP contribution is 2.36. The normalized spacial score (nSPS) is 24.0. The van der Waals surface area contributed by atoms with Gasteiger partial charge in [-0.05, 0) is 85.7 Å². The lowest BCUT2D eigenvalue weighted by Crippen LogP contribution is -2.43. The van der Waals surface area contributed by atoms with Gasteiger partial charge in [-0.25, -0.2) is 4.79 Å². The van der Waals surface area contributed by atoms with Crippen LogP contribution in [0.2, 0.25) is 0 Å². The third-order valence-electron chi connectivity index (χ3n) is 6.26. The van der Waals surface area contributed by atoms with Gasteiger partial charge in [0.15, 0.2) is 0 Å². The summed E-state index contributed by atoms with van der Waals surface area (Å²) in [5.74, 6) is 0.568. The second-order valence-corrected chi connectivity index (χ2v) is 9.63. The molecule has 2 aliphatic rings. The van der Waals surface area contributed by atoms with E-state index < -0.39 is 5.60 Å². The van der Waals surface area contributed by atoms with E-state index in [9.17, 15) is 4.79 Å². The Morgan fingerprint density at radius 3 is 2.54 bits per heavy atom. The smallest absolute Gasteiger partial charge is 0.410 e. The van der Waals surface area contributed by atoms with Crippen LogP contribution in [0.25, 0.3) is 0 Å². The van der Waals surface area contributed by atoms with E-state index in [1.165, 1.54) is 42.8 Å². The van der Waals surface area contributed by atoms with E-state index in [4.69, 9.17) is 4.74 Å². The standard InChI is InChI=1S/C22H38N4O2/c1-16-20(17(2)24(6)23-16)19-10-8-12-25(19)14-11-18-9-7-13-26(15-18)21(27)28-22(3,4)5/h18-19H,7-15H2,1-6H3/t18-,19+/m0/s1. The summed E-state index contributed by atoms with van der Waals surface area (Å²) < 4.78 is 7.59. The van der Waals surface area contributed by atoms with E-state index >= 15 is 0 Å². The molecule has 0 saturated carbocycles. The minimum atomic E-state index is -0.424. The second-order valence-electron chi connectivity index (χ2n) is 9.63. The fraction of sp³-hybridized carbons (Fsp3) is 0.818. The Bertz CT molecular complexity index is 691. The third kappa shape index (κ3) is 4.88. The lowest BCUT2D eigenvalue weighted by atomic mass is 9.94. The molecular formula is C22H38N4O2. The maximum Gasteiger partial charge on any atom is 0.410 e. The zero-order chi connectivity index (χ0) is 20.5. The molecule has 6 nitrogen and oxygen atoms in total. The lowest BCUT2D eigenvalue weighted by Gasteiger charge is -2.35. The van der Waals surface area contributed by atoms with Crippen LogP contribution in [0.1, 0.15) is 75.9 Å². The highest BCUT2D eigenvalue weighted by Gasteiger charge is 2.32. The molecule has 0 aromatic carbocycles. The van der Waals surface area contributed by atoms with E-state index in [-0.39, 0.29) is 6.09 Å². The lowest BCUT2D eigenvalue weighted by molar-refractivity contribution is 0.0155. The molecule has 2 saturated heterocycles. The Hall–Kier alpha value is -1.56. The minimum absolute atomic E-state index is 0.155. The summed E-state index contributed by atoms with van der Waals surface area (Å²) in [7, 11) is 2.04. The third-order valence-corrected chi connectivity index (χ3v) is 6.26. The molecule has 2 atom stereocenters. The van der Waals surface area contributed by atoms with Gasteiger partial charge in [-0.2, -0.15) is 5.10 Å². The molecule has 1 aromatic rings. The number of hydrogen-bond acceptors (Lipinski definition) is 4. The summed E-state index contributed by atoms with van der Waals surface area (Å²) in [6.07, 6.45) is 5.76. The van der Waals surface area contributed by atoms with Crippen molar-refractivity contribution in [2.24, 2.45) is 13.0 Å². The van der Waals surface area contributed by atoms with Crippen LogP contribution in [0, 0.1) is 19.8 Å². The monoisotopic (exact) mass is 390 g/mol. The Labute approximate surface area is 170 Å². The Morgan fingerprint density at radius 1 is 1.18 bits per heavy atom. The van der Waals surface area contributed by atoms with Gasteiger partial charge in [-0.15, -0.1) is 0 Å². The largest absolute Gasteiger partial charge is 0.444 e. The average Bonchev–Trinajstić information content (AvgIpc) is 3.16. The van der Waals surface area contributed by atoms with Gasteiger partial charge in [-0.3, -0.25) is 9.58 Å². The van der Waals surface area contributed by atoms with Crippen molar-refractivity contribution < 1.29 is 9.53 Å². The van der Waals surface area contributed by atoms with E-state index in [2.05, 4.69) is 23.8 Å². The summed E-state index contributed by atoms with van der Waals surface area (Å²) in [6.45, 7) is 14.0. The summed E-state index contributed by atoms with van der Waals surface area (Å²) in [5.41, 5.74) is 3.47. The average molecular weight is 391 g/mol. The Morgan fingerprint density at radius 2 is 1.89 bits per heavy atom. The van der Waals surface area contributed by atoms with Gasteiger partial charge in [0, 0.05) is 37.4 Å². The van der Waals surface area contributed by atoms with Crippen LogP contribution in [0.15, 0.2) is 0 Å². The molecule has 1 aromatic heterocycles. The minimum Gasteiger partial charge on any atom is -0.444 e. The Balaban J connectivity index is 1.56. The van der Waals surface area contributed by atoms with Crippen LogP contribution in [0.4, 0.5) is 4.79 Å². The first-order chi connectivity index (χ1) is 13.2. The van der Waals surface area contributed by atoms with Crippen molar-refractivity contribution >= 4 is 6.09 Å². The zero-order valence-electron chi connectivity index (χ0n) is 18.6. The van der Waals surface area contributed by atoms with Gasteiger partial charge >= 0.3 is 6.09 Å². The van der Waals surface area contributed by atoms with Crippen molar-refractivity contribution in [3.63, 3.8) is 0 Å². The van der Waals surface area contributed by atoms with Crippen molar-refractivity contribution in [3.8, 4) is 0 Å². The fourth-order valence-electron chi connectivity index (χ4n) is 4.83. The SMILES string of the molecule is Cc1nn(C)c(C)c1[C@H]1CCCN1CC[C@@H]1CCCN(C(=O)OC(C)(C)C)C1. The van der Waals surface area contributed by atoms with Crippen molar-refractivity contribution in [2.75, 3.05) is 26.2 Å². The Kier molecular flexibility index (Phi) is 6.37. The first-order valence-corrected chi connectivity index (χ1v) is 10.9. The number of nitrogens with zero attached hydrogens (tertiary/aromatic N) is 4. The predicted molar refractivity (Wildman–Crippen MR) is 111 cm³/mol. The molecule has 158 valence electrons. The van der Waals surface area contributed by atoms with Crippen molar-refractivity contribution in [2.45, 2.75) is 78.4 Å². The van der Waals surface area contributed by atoms with E-state index in [0.717, 1.165) is 32.5 Å².